The lowest BCUT2D eigenvalue weighted by atomic mass is 10.0. The Kier molecular flexibility index (Phi) is 5.83. The number of carbonyl (C=O) groups is 2. The van der Waals surface area contributed by atoms with Gasteiger partial charge in [0.05, 0.1) is 21.3 Å². The summed E-state index contributed by atoms with van der Waals surface area (Å²) in [6.07, 6.45) is -0.732. The largest absolute Gasteiger partial charge is 0.496 e. The van der Waals surface area contributed by atoms with E-state index in [4.69, 9.17) is 9.47 Å². The van der Waals surface area contributed by atoms with Crippen LogP contribution in [0.4, 0.5) is 10.5 Å². The van der Waals surface area contributed by atoms with Crippen molar-refractivity contribution in [3.63, 3.8) is 0 Å². The van der Waals surface area contributed by atoms with E-state index < -0.39 is 18.1 Å². The Morgan fingerprint density at radius 3 is 2.29 bits per heavy atom. The van der Waals surface area contributed by atoms with Crippen LogP contribution in [0, 0.1) is 0 Å². The number of carbonyl (C=O) groups excluding carboxylic acids is 2. The van der Waals surface area contributed by atoms with Crippen LogP contribution >= 0.6 is 0 Å². The van der Waals surface area contributed by atoms with Crippen LogP contribution in [0.15, 0.2) is 18.2 Å². The third kappa shape index (κ3) is 4.01. The van der Waals surface area contributed by atoms with E-state index in [0.29, 0.717) is 11.3 Å². The maximum Gasteiger partial charge on any atom is 0.407 e. The van der Waals surface area contributed by atoms with Gasteiger partial charge in [0.15, 0.2) is 6.04 Å². The molecule has 0 saturated heterocycles. The molecule has 0 fully saturated rings. The first-order valence-electron chi connectivity index (χ1n) is 6.22. The lowest BCUT2D eigenvalue weighted by molar-refractivity contribution is -0.143. The van der Waals surface area contributed by atoms with Crippen molar-refractivity contribution in [2.45, 2.75) is 6.04 Å². The van der Waals surface area contributed by atoms with Gasteiger partial charge in [-0.05, 0) is 6.07 Å². The van der Waals surface area contributed by atoms with Gasteiger partial charge in [0.25, 0.3) is 0 Å². The first-order valence-corrected chi connectivity index (χ1v) is 6.22. The first kappa shape index (κ1) is 16.6. The maximum absolute atomic E-state index is 11.9. The molecule has 0 spiro atoms. The monoisotopic (exact) mass is 296 g/mol. The zero-order valence-electron chi connectivity index (χ0n) is 12.8. The van der Waals surface area contributed by atoms with Gasteiger partial charge in [0, 0.05) is 31.4 Å². The molecule has 1 aromatic rings. The smallest absolute Gasteiger partial charge is 0.407 e. The van der Waals surface area contributed by atoms with Crippen molar-refractivity contribution in [2.75, 3.05) is 40.3 Å². The molecule has 0 radical (unpaired) electrons. The molecule has 1 unspecified atom stereocenters. The van der Waals surface area contributed by atoms with Crippen LogP contribution in [0.25, 0.3) is 0 Å². The number of benzene rings is 1. The van der Waals surface area contributed by atoms with E-state index in [0.717, 1.165) is 5.69 Å². The third-order valence-electron chi connectivity index (χ3n) is 2.93. The third-order valence-corrected chi connectivity index (χ3v) is 2.93. The van der Waals surface area contributed by atoms with E-state index in [1.165, 1.54) is 21.3 Å². The number of rotatable bonds is 5. The van der Waals surface area contributed by atoms with Gasteiger partial charge >= 0.3 is 12.1 Å². The van der Waals surface area contributed by atoms with E-state index >= 15 is 0 Å². The Morgan fingerprint density at radius 1 is 1.14 bits per heavy atom. The minimum atomic E-state index is -1.01. The molecule has 1 atom stereocenters. The molecule has 0 aliphatic carbocycles. The average molecular weight is 296 g/mol. The first-order chi connectivity index (χ1) is 9.94. The van der Waals surface area contributed by atoms with Crippen molar-refractivity contribution in [1.29, 1.82) is 0 Å². The summed E-state index contributed by atoms with van der Waals surface area (Å²) in [5, 5.41) is 2.43. The number of esters is 1. The van der Waals surface area contributed by atoms with E-state index in [1.54, 1.807) is 12.1 Å². The number of hydrogen-bond acceptors (Lipinski definition) is 6. The number of anilines is 1. The summed E-state index contributed by atoms with van der Waals surface area (Å²) in [4.78, 5) is 25.2. The van der Waals surface area contributed by atoms with Gasteiger partial charge in [-0.25, -0.2) is 9.59 Å². The van der Waals surface area contributed by atoms with Crippen molar-refractivity contribution in [3.05, 3.63) is 23.8 Å². The molecule has 0 aliphatic rings. The normalized spacial score (nSPS) is 11.3. The van der Waals surface area contributed by atoms with Gasteiger partial charge in [-0.3, -0.25) is 0 Å². The van der Waals surface area contributed by atoms with E-state index in [2.05, 4.69) is 10.1 Å². The van der Waals surface area contributed by atoms with Gasteiger partial charge in [-0.2, -0.15) is 0 Å². The Morgan fingerprint density at radius 2 is 1.81 bits per heavy atom. The minimum Gasteiger partial charge on any atom is -0.496 e. The predicted octanol–water partition coefficient (Wildman–Crippen LogP) is 1.33. The van der Waals surface area contributed by atoms with E-state index in [1.807, 2.05) is 25.1 Å². The number of ether oxygens (including phenoxy) is 3. The molecule has 116 valence electrons. The Balaban J connectivity index is 3.23. The molecular weight excluding hydrogens is 276 g/mol. The fraction of sp³-hybridized carbons (Fsp3) is 0.429. The topological polar surface area (TPSA) is 77.1 Å². The van der Waals surface area contributed by atoms with Crippen LogP contribution in [-0.4, -0.2) is 47.5 Å². The molecule has 7 nitrogen and oxygen atoms in total. The zero-order valence-corrected chi connectivity index (χ0v) is 12.8. The highest BCUT2D eigenvalue weighted by molar-refractivity contribution is 5.83. The SMILES string of the molecule is COC(=O)NC(C(=O)OC)c1ccc(N(C)C)cc1OC. The van der Waals surface area contributed by atoms with Gasteiger partial charge in [-0.15, -0.1) is 0 Å². The average Bonchev–Trinajstić information content (AvgIpc) is 2.50. The molecule has 1 rings (SSSR count). The molecule has 0 bridgehead atoms. The summed E-state index contributed by atoms with van der Waals surface area (Å²) in [5.74, 6) is -0.149. The summed E-state index contributed by atoms with van der Waals surface area (Å²) in [6.45, 7) is 0. The lowest BCUT2D eigenvalue weighted by Gasteiger charge is -2.21. The van der Waals surface area contributed by atoms with Crippen molar-refractivity contribution < 1.29 is 23.8 Å². The number of alkyl carbamates (subject to hydrolysis) is 1. The molecule has 1 amide bonds. The Hall–Kier alpha value is -2.44. The van der Waals surface area contributed by atoms with Crippen LogP contribution < -0.4 is 15.0 Å². The Bertz CT molecular complexity index is 516. The van der Waals surface area contributed by atoms with Crippen molar-refractivity contribution in [1.82, 2.24) is 5.32 Å². The second kappa shape index (κ2) is 7.37. The molecule has 1 aromatic carbocycles. The molecule has 7 heteroatoms. The number of amides is 1. The van der Waals surface area contributed by atoms with Gasteiger partial charge in [0.2, 0.25) is 0 Å². The standard InChI is InChI=1S/C14H20N2O5/c1-16(2)9-6-7-10(11(8-9)19-3)12(13(17)20-4)15-14(18)21-5/h6-8,12H,1-5H3,(H,15,18). The van der Waals surface area contributed by atoms with Crippen LogP contribution in [-0.2, 0) is 14.3 Å². The second-order valence-corrected chi connectivity index (χ2v) is 4.41. The van der Waals surface area contributed by atoms with Crippen molar-refractivity contribution >= 4 is 17.7 Å². The van der Waals surface area contributed by atoms with Crippen LogP contribution in [0.5, 0.6) is 5.75 Å². The Labute approximate surface area is 123 Å². The van der Waals surface area contributed by atoms with Crippen LogP contribution in [0.1, 0.15) is 11.6 Å². The van der Waals surface area contributed by atoms with Crippen molar-refractivity contribution in [3.8, 4) is 5.75 Å². The summed E-state index contributed by atoms with van der Waals surface area (Å²) < 4.78 is 14.5. The van der Waals surface area contributed by atoms with Gasteiger partial charge in [-0.1, -0.05) is 6.07 Å². The fourth-order valence-electron chi connectivity index (χ4n) is 1.77. The van der Waals surface area contributed by atoms with E-state index in [-0.39, 0.29) is 0 Å². The van der Waals surface area contributed by atoms with Crippen LogP contribution in [0.3, 0.4) is 0 Å². The summed E-state index contributed by atoms with van der Waals surface area (Å²) in [6, 6.07) is 4.27. The van der Waals surface area contributed by atoms with Crippen LogP contribution in [0.2, 0.25) is 0 Å². The fourth-order valence-corrected chi connectivity index (χ4v) is 1.77. The zero-order chi connectivity index (χ0) is 16.0. The van der Waals surface area contributed by atoms with Gasteiger partial charge in [0.1, 0.15) is 5.75 Å². The molecule has 0 aromatic heterocycles. The predicted molar refractivity (Wildman–Crippen MR) is 77.6 cm³/mol. The lowest BCUT2D eigenvalue weighted by Crippen LogP contribution is -2.34. The molecule has 0 aliphatic heterocycles. The summed E-state index contributed by atoms with van der Waals surface area (Å²) in [5.41, 5.74) is 1.39. The highest BCUT2D eigenvalue weighted by Crippen LogP contribution is 2.30. The second-order valence-electron chi connectivity index (χ2n) is 4.41. The summed E-state index contributed by atoms with van der Waals surface area (Å²) in [7, 11) is 7.73. The number of methoxy groups -OCH3 is 3. The van der Waals surface area contributed by atoms with Gasteiger partial charge < -0.3 is 24.4 Å². The quantitative estimate of drug-likeness (QED) is 0.826. The highest BCUT2D eigenvalue weighted by Gasteiger charge is 2.27. The maximum atomic E-state index is 11.9. The minimum absolute atomic E-state index is 0.466. The molecule has 0 heterocycles. The summed E-state index contributed by atoms with van der Waals surface area (Å²) >= 11 is 0. The highest BCUT2D eigenvalue weighted by atomic mass is 16.5. The molecule has 21 heavy (non-hydrogen) atoms. The van der Waals surface area contributed by atoms with Crippen molar-refractivity contribution in [2.24, 2.45) is 0 Å². The number of nitrogens with zero attached hydrogens (tertiary/aromatic N) is 1. The number of hydrogen-bond donors (Lipinski definition) is 1. The molecular formula is C14H20N2O5. The molecule has 0 saturated carbocycles. The number of nitrogens with one attached hydrogen (secondary N) is 1. The molecule has 1 N–H and O–H groups in total. The van der Waals surface area contributed by atoms with E-state index in [9.17, 15) is 9.59 Å².